The molecule has 2 atom stereocenters. The van der Waals surface area contributed by atoms with Crippen molar-refractivity contribution in [1.82, 2.24) is 10.4 Å². The third-order valence-electron chi connectivity index (χ3n) is 4.83. The Morgan fingerprint density at radius 2 is 1.63 bits per heavy atom. The van der Waals surface area contributed by atoms with Crippen LogP contribution in [0.4, 0.5) is 0 Å². The summed E-state index contributed by atoms with van der Waals surface area (Å²) in [6.45, 7) is 2.37. The number of aryl methyl sites for hydroxylation is 1. The lowest BCUT2D eigenvalue weighted by Crippen LogP contribution is -2.49. The molecule has 144 valence electrons. The third-order valence-corrected chi connectivity index (χ3v) is 4.83. The molecule has 2 aromatic rings. The van der Waals surface area contributed by atoms with E-state index >= 15 is 0 Å². The molecular weight excluding hydrogens is 344 g/mol. The molecule has 0 bridgehead atoms. The molecule has 6 heteroatoms. The van der Waals surface area contributed by atoms with Gasteiger partial charge in [-0.15, -0.1) is 0 Å². The molecule has 6 nitrogen and oxygen atoms in total. The average Bonchev–Trinajstić information content (AvgIpc) is 3.08. The van der Waals surface area contributed by atoms with E-state index in [0.29, 0.717) is 12.0 Å². The molecule has 0 radical (unpaired) electrons. The molecule has 0 spiro atoms. The second-order valence-corrected chi connectivity index (χ2v) is 6.40. The van der Waals surface area contributed by atoms with Gasteiger partial charge in [0.05, 0.1) is 6.10 Å². The van der Waals surface area contributed by atoms with E-state index in [9.17, 15) is 14.7 Å². The Hall–Kier alpha value is -2.70. The van der Waals surface area contributed by atoms with Crippen LogP contribution in [0.2, 0.25) is 0 Å². The van der Waals surface area contributed by atoms with Crippen molar-refractivity contribution in [2.75, 3.05) is 6.54 Å². The summed E-state index contributed by atoms with van der Waals surface area (Å²) < 4.78 is 0. The maximum atomic E-state index is 12.7. The van der Waals surface area contributed by atoms with Gasteiger partial charge in [0.1, 0.15) is 6.04 Å². The molecule has 1 saturated heterocycles. The van der Waals surface area contributed by atoms with Gasteiger partial charge in [-0.3, -0.25) is 14.8 Å². The Bertz CT molecular complexity index is 787. The lowest BCUT2D eigenvalue weighted by molar-refractivity contribution is -0.135. The van der Waals surface area contributed by atoms with E-state index in [1.165, 1.54) is 15.9 Å². The maximum Gasteiger partial charge on any atom is 0.268 e. The molecule has 0 saturated carbocycles. The molecule has 3 N–H and O–H groups in total. The first-order valence-corrected chi connectivity index (χ1v) is 8.67. The van der Waals surface area contributed by atoms with Gasteiger partial charge < -0.3 is 10.0 Å². The highest BCUT2D eigenvalue weighted by atomic mass is 16.5. The number of nitrogens with one attached hydrogen (secondary N) is 1. The zero-order chi connectivity index (χ0) is 18.7. The van der Waals surface area contributed by atoms with Crippen molar-refractivity contribution >= 4 is 11.8 Å². The maximum absolute atomic E-state index is 12.7. The molecule has 1 fully saturated rings. The van der Waals surface area contributed by atoms with Crippen molar-refractivity contribution in [2.24, 2.45) is 0 Å². The number of hydrogen-bond donors (Lipinski definition) is 3. The number of hydroxylamine groups is 1. The van der Waals surface area contributed by atoms with Crippen molar-refractivity contribution < 1.29 is 19.9 Å². The fourth-order valence-corrected chi connectivity index (χ4v) is 3.29. The number of benzene rings is 2. The standard InChI is InChI=1S/C20H22N2O4.CH4/c1-2-13-3-5-14(6-4-13)15-7-9-16(10-8-15)20(25)22-12-11-17(23)18(22)19(24)21-26;/h3-10,17-18,23,26H,2,11-12H2,1H3,(H,21,24);1H4/t17-,18-;/m0./s1. The first-order chi connectivity index (χ1) is 12.5. The fourth-order valence-electron chi connectivity index (χ4n) is 3.29. The van der Waals surface area contributed by atoms with Crippen molar-refractivity contribution in [1.29, 1.82) is 0 Å². The minimum absolute atomic E-state index is 0. The molecular formula is C21H26N2O4. The van der Waals surface area contributed by atoms with Crippen LogP contribution in [-0.4, -0.2) is 45.7 Å². The monoisotopic (exact) mass is 370 g/mol. The summed E-state index contributed by atoms with van der Waals surface area (Å²) in [4.78, 5) is 25.7. The smallest absolute Gasteiger partial charge is 0.268 e. The fraction of sp³-hybridized carbons (Fsp3) is 0.333. The predicted molar refractivity (Wildman–Crippen MR) is 103 cm³/mol. The van der Waals surface area contributed by atoms with Gasteiger partial charge in [0.25, 0.3) is 11.8 Å². The predicted octanol–water partition coefficient (Wildman–Crippen LogP) is 2.63. The van der Waals surface area contributed by atoms with Gasteiger partial charge in [-0.25, -0.2) is 5.48 Å². The van der Waals surface area contributed by atoms with E-state index in [1.54, 1.807) is 12.1 Å². The highest BCUT2D eigenvalue weighted by molar-refractivity contribution is 5.98. The number of nitrogens with zero attached hydrogens (tertiary/aromatic N) is 1. The zero-order valence-corrected chi connectivity index (χ0v) is 14.6. The number of hydrogen-bond acceptors (Lipinski definition) is 4. The van der Waals surface area contributed by atoms with Crippen LogP contribution in [0.25, 0.3) is 11.1 Å². The Morgan fingerprint density at radius 3 is 2.15 bits per heavy atom. The van der Waals surface area contributed by atoms with Gasteiger partial charge in [-0.1, -0.05) is 50.7 Å². The minimum atomic E-state index is -1.08. The van der Waals surface area contributed by atoms with Crippen LogP contribution in [0.1, 0.15) is 36.7 Å². The lowest BCUT2D eigenvalue weighted by atomic mass is 10.0. The summed E-state index contributed by atoms with van der Waals surface area (Å²) in [7, 11) is 0. The number of carbonyl (C=O) groups is 2. The number of amides is 2. The number of likely N-dealkylation sites (tertiary alicyclic amines) is 1. The van der Waals surface area contributed by atoms with Crippen LogP contribution in [0.15, 0.2) is 48.5 Å². The van der Waals surface area contributed by atoms with E-state index in [0.717, 1.165) is 17.5 Å². The van der Waals surface area contributed by atoms with Crippen molar-refractivity contribution in [3.8, 4) is 11.1 Å². The van der Waals surface area contributed by atoms with Gasteiger partial charge in [-0.05, 0) is 41.7 Å². The molecule has 27 heavy (non-hydrogen) atoms. The SMILES string of the molecule is C.CCc1ccc(-c2ccc(C(=O)N3CC[C@H](O)[C@H]3C(=O)NO)cc2)cc1. The largest absolute Gasteiger partial charge is 0.390 e. The van der Waals surface area contributed by atoms with Crippen LogP contribution in [-0.2, 0) is 11.2 Å². The number of aliphatic hydroxyl groups excluding tert-OH is 1. The molecule has 3 rings (SSSR count). The van der Waals surface area contributed by atoms with Crippen molar-refractivity contribution in [2.45, 2.75) is 39.3 Å². The van der Waals surface area contributed by atoms with Crippen LogP contribution in [0.5, 0.6) is 0 Å². The van der Waals surface area contributed by atoms with E-state index in [2.05, 4.69) is 19.1 Å². The van der Waals surface area contributed by atoms with E-state index in [1.807, 2.05) is 24.3 Å². The Labute approximate surface area is 159 Å². The average molecular weight is 370 g/mol. The summed E-state index contributed by atoms with van der Waals surface area (Å²) >= 11 is 0. The number of carbonyl (C=O) groups excluding carboxylic acids is 2. The second kappa shape index (κ2) is 8.79. The van der Waals surface area contributed by atoms with Gasteiger partial charge in [0.15, 0.2) is 0 Å². The van der Waals surface area contributed by atoms with Crippen LogP contribution < -0.4 is 5.48 Å². The van der Waals surface area contributed by atoms with Gasteiger partial charge in [0.2, 0.25) is 0 Å². The van der Waals surface area contributed by atoms with E-state index in [-0.39, 0.29) is 19.9 Å². The van der Waals surface area contributed by atoms with Crippen molar-refractivity contribution in [3.05, 3.63) is 59.7 Å². The molecule has 2 aromatic carbocycles. The molecule has 1 aliphatic rings. The van der Waals surface area contributed by atoms with E-state index in [4.69, 9.17) is 5.21 Å². The number of rotatable bonds is 4. The summed E-state index contributed by atoms with van der Waals surface area (Å²) in [6.07, 6.45) is 0.298. The van der Waals surface area contributed by atoms with Crippen LogP contribution in [0.3, 0.4) is 0 Å². The summed E-state index contributed by atoms with van der Waals surface area (Å²) in [5.41, 5.74) is 5.28. The van der Waals surface area contributed by atoms with Gasteiger partial charge in [-0.2, -0.15) is 0 Å². The lowest BCUT2D eigenvalue weighted by Gasteiger charge is -2.24. The van der Waals surface area contributed by atoms with Gasteiger partial charge in [0, 0.05) is 12.1 Å². The zero-order valence-electron chi connectivity index (χ0n) is 14.6. The van der Waals surface area contributed by atoms with E-state index < -0.39 is 18.1 Å². The molecule has 0 unspecified atom stereocenters. The van der Waals surface area contributed by atoms with Crippen LogP contribution in [0, 0.1) is 0 Å². The molecule has 1 aliphatic heterocycles. The molecule has 0 aromatic heterocycles. The first-order valence-electron chi connectivity index (χ1n) is 8.67. The molecule has 2 amide bonds. The highest BCUT2D eigenvalue weighted by Crippen LogP contribution is 2.24. The summed E-state index contributed by atoms with van der Waals surface area (Å²) in [6, 6.07) is 14.3. The summed E-state index contributed by atoms with van der Waals surface area (Å²) in [5.74, 6) is -1.13. The van der Waals surface area contributed by atoms with Crippen LogP contribution >= 0.6 is 0 Å². The molecule has 1 heterocycles. The highest BCUT2D eigenvalue weighted by Gasteiger charge is 2.41. The number of aliphatic hydroxyl groups is 1. The normalized spacial score (nSPS) is 18.7. The minimum Gasteiger partial charge on any atom is -0.390 e. The third kappa shape index (κ3) is 4.18. The second-order valence-electron chi connectivity index (χ2n) is 6.40. The Morgan fingerprint density at radius 1 is 1.07 bits per heavy atom. The molecule has 0 aliphatic carbocycles. The topological polar surface area (TPSA) is 89.9 Å². The quantitative estimate of drug-likeness (QED) is 0.570. The van der Waals surface area contributed by atoms with Gasteiger partial charge >= 0.3 is 0 Å². The summed E-state index contributed by atoms with van der Waals surface area (Å²) in [5, 5.41) is 18.8. The first kappa shape index (κ1) is 20.6. The Balaban J connectivity index is 0.00000261. The Kier molecular flexibility index (Phi) is 6.71. The van der Waals surface area contributed by atoms with Crippen molar-refractivity contribution in [3.63, 3.8) is 0 Å².